The second-order valence-electron chi connectivity index (χ2n) is 4.19. The lowest BCUT2D eigenvalue weighted by atomic mass is 10.1. The molecule has 1 aromatic rings. The summed E-state index contributed by atoms with van der Waals surface area (Å²) in [4.78, 5) is 3.66. The molecule has 0 bridgehead atoms. The molecular weight excluding hydrogens is 226 g/mol. The standard InChI is InChI=1S/C12H16F2N2O/c13-9-7-11(14)12(16-8-9)15-5-4-10-3-1-2-6-17-10/h7-8,10H,1-6H2,(H,15,16). The quantitative estimate of drug-likeness (QED) is 0.881. The van der Waals surface area contributed by atoms with Crippen LogP contribution in [0.2, 0.25) is 0 Å². The van der Waals surface area contributed by atoms with Gasteiger partial charge in [-0.25, -0.2) is 13.8 Å². The average molecular weight is 242 g/mol. The van der Waals surface area contributed by atoms with E-state index in [2.05, 4.69) is 10.3 Å². The first kappa shape index (κ1) is 12.2. The van der Waals surface area contributed by atoms with Gasteiger partial charge in [0.1, 0.15) is 5.82 Å². The van der Waals surface area contributed by atoms with Gasteiger partial charge in [-0.15, -0.1) is 0 Å². The molecule has 1 N–H and O–H groups in total. The summed E-state index contributed by atoms with van der Waals surface area (Å²) in [6.45, 7) is 1.40. The van der Waals surface area contributed by atoms with Gasteiger partial charge in [0.25, 0.3) is 0 Å². The molecule has 1 unspecified atom stereocenters. The summed E-state index contributed by atoms with van der Waals surface area (Å²) in [5.41, 5.74) is 0. The normalized spacial score (nSPS) is 20.2. The number of pyridine rings is 1. The van der Waals surface area contributed by atoms with Crippen LogP contribution in [0.5, 0.6) is 0 Å². The number of aromatic nitrogens is 1. The molecule has 1 aliphatic heterocycles. The summed E-state index contributed by atoms with van der Waals surface area (Å²) >= 11 is 0. The molecule has 17 heavy (non-hydrogen) atoms. The van der Waals surface area contributed by atoms with Crippen molar-refractivity contribution in [2.24, 2.45) is 0 Å². The number of ether oxygens (including phenoxy) is 1. The Hall–Kier alpha value is -1.23. The van der Waals surface area contributed by atoms with Crippen molar-refractivity contribution in [2.75, 3.05) is 18.5 Å². The summed E-state index contributed by atoms with van der Waals surface area (Å²) in [7, 11) is 0. The lowest BCUT2D eigenvalue weighted by molar-refractivity contribution is 0.0134. The molecular formula is C12H16F2N2O. The minimum atomic E-state index is -0.663. The molecule has 0 amide bonds. The maximum absolute atomic E-state index is 13.2. The first-order valence-corrected chi connectivity index (χ1v) is 5.92. The molecule has 2 heterocycles. The van der Waals surface area contributed by atoms with Crippen LogP contribution in [-0.4, -0.2) is 24.2 Å². The minimum absolute atomic E-state index is 0.0993. The zero-order valence-electron chi connectivity index (χ0n) is 9.59. The maximum Gasteiger partial charge on any atom is 0.168 e. The largest absolute Gasteiger partial charge is 0.378 e. The summed E-state index contributed by atoms with van der Waals surface area (Å²) in [6.07, 6.45) is 5.44. The zero-order chi connectivity index (χ0) is 12.1. The maximum atomic E-state index is 13.2. The Morgan fingerprint density at radius 2 is 2.29 bits per heavy atom. The van der Waals surface area contributed by atoms with Crippen molar-refractivity contribution in [3.63, 3.8) is 0 Å². The third-order valence-corrected chi connectivity index (χ3v) is 2.84. The smallest absolute Gasteiger partial charge is 0.168 e. The molecule has 1 saturated heterocycles. The molecule has 1 atom stereocenters. The number of hydrogen-bond donors (Lipinski definition) is 1. The van der Waals surface area contributed by atoms with Gasteiger partial charge in [-0.1, -0.05) is 0 Å². The third kappa shape index (κ3) is 3.63. The van der Waals surface area contributed by atoms with Crippen LogP contribution in [0.25, 0.3) is 0 Å². The first-order valence-electron chi connectivity index (χ1n) is 5.92. The molecule has 0 aliphatic carbocycles. The van der Waals surface area contributed by atoms with Crippen LogP contribution >= 0.6 is 0 Å². The van der Waals surface area contributed by atoms with Gasteiger partial charge in [-0.2, -0.15) is 0 Å². The molecule has 1 aliphatic rings. The van der Waals surface area contributed by atoms with Gasteiger partial charge in [0.15, 0.2) is 11.6 Å². The van der Waals surface area contributed by atoms with Gasteiger partial charge in [0.05, 0.1) is 12.3 Å². The van der Waals surface area contributed by atoms with Gasteiger partial charge >= 0.3 is 0 Å². The molecule has 0 radical (unpaired) electrons. The van der Waals surface area contributed by atoms with Crippen molar-refractivity contribution >= 4 is 5.82 Å². The fraction of sp³-hybridized carbons (Fsp3) is 0.583. The van der Waals surface area contributed by atoms with Crippen molar-refractivity contribution in [1.29, 1.82) is 0 Å². The van der Waals surface area contributed by atoms with Crippen molar-refractivity contribution < 1.29 is 13.5 Å². The molecule has 2 rings (SSSR count). The fourth-order valence-corrected chi connectivity index (χ4v) is 1.93. The second-order valence-corrected chi connectivity index (χ2v) is 4.19. The fourth-order valence-electron chi connectivity index (χ4n) is 1.93. The highest BCUT2D eigenvalue weighted by Crippen LogP contribution is 2.16. The Labute approximate surface area is 99.2 Å². The van der Waals surface area contributed by atoms with Crippen molar-refractivity contribution in [2.45, 2.75) is 31.8 Å². The van der Waals surface area contributed by atoms with Gasteiger partial charge in [0, 0.05) is 19.2 Å². The minimum Gasteiger partial charge on any atom is -0.378 e. The molecule has 0 spiro atoms. The Bertz CT molecular complexity index is 368. The number of nitrogens with one attached hydrogen (secondary N) is 1. The molecule has 3 nitrogen and oxygen atoms in total. The van der Waals surface area contributed by atoms with E-state index in [0.717, 1.165) is 38.1 Å². The number of halogens is 2. The van der Waals surface area contributed by atoms with Crippen LogP contribution < -0.4 is 5.32 Å². The monoisotopic (exact) mass is 242 g/mol. The van der Waals surface area contributed by atoms with Crippen LogP contribution in [0, 0.1) is 11.6 Å². The van der Waals surface area contributed by atoms with Crippen LogP contribution in [0.15, 0.2) is 12.3 Å². The summed E-state index contributed by atoms with van der Waals surface area (Å²) in [5.74, 6) is -1.22. The Kier molecular flexibility index (Phi) is 4.25. The van der Waals surface area contributed by atoms with Gasteiger partial charge in [-0.3, -0.25) is 0 Å². The Balaban J connectivity index is 1.77. The SMILES string of the molecule is Fc1cnc(NCCC2CCCCO2)c(F)c1. The van der Waals surface area contributed by atoms with Gasteiger partial charge in [-0.05, 0) is 25.7 Å². The van der Waals surface area contributed by atoms with E-state index in [1.807, 2.05) is 0 Å². The van der Waals surface area contributed by atoms with E-state index in [0.29, 0.717) is 6.54 Å². The molecule has 0 aromatic carbocycles. The van der Waals surface area contributed by atoms with E-state index >= 15 is 0 Å². The summed E-state index contributed by atoms with van der Waals surface area (Å²) in [5, 5.41) is 2.85. The van der Waals surface area contributed by atoms with E-state index in [9.17, 15) is 8.78 Å². The molecule has 0 saturated carbocycles. The first-order chi connectivity index (χ1) is 8.25. The molecule has 94 valence electrons. The van der Waals surface area contributed by atoms with E-state index in [-0.39, 0.29) is 11.9 Å². The van der Waals surface area contributed by atoms with Crippen molar-refractivity contribution in [3.05, 3.63) is 23.9 Å². The van der Waals surface area contributed by atoms with E-state index in [1.54, 1.807) is 0 Å². The predicted octanol–water partition coefficient (Wildman–Crippen LogP) is 2.73. The lowest BCUT2D eigenvalue weighted by Crippen LogP contribution is -2.22. The van der Waals surface area contributed by atoms with Crippen LogP contribution in [-0.2, 0) is 4.74 Å². The highest BCUT2D eigenvalue weighted by atomic mass is 19.1. The molecule has 5 heteroatoms. The van der Waals surface area contributed by atoms with E-state index < -0.39 is 11.6 Å². The number of anilines is 1. The van der Waals surface area contributed by atoms with Crippen molar-refractivity contribution in [1.82, 2.24) is 4.98 Å². The Morgan fingerprint density at radius 3 is 3.00 bits per heavy atom. The Morgan fingerprint density at radius 1 is 1.41 bits per heavy atom. The summed E-state index contributed by atoms with van der Waals surface area (Å²) < 4.78 is 31.4. The highest BCUT2D eigenvalue weighted by molar-refractivity contribution is 5.35. The lowest BCUT2D eigenvalue weighted by Gasteiger charge is -2.22. The molecule has 1 aromatic heterocycles. The third-order valence-electron chi connectivity index (χ3n) is 2.84. The van der Waals surface area contributed by atoms with Crippen LogP contribution in [0.1, 0.15) is 25.7 Å². The van der Waals surface area contributed by atoms with E-state index in [4.69, 9.17) is 4.74 Å². The topological polar surface area (TPSA) is 34.2 Å². The number of nitrogens with zero attached hydrogens (tertiary/aromatic N) is 1. The second kappa shape index (κ2) is 5.91. The van der Waals surface area contributed by atoms with Crippen molar-refractivity contribution in [3.8, 4) is 0 Å². The number of hydrogen-bond acceptors (Lipinski definition) is 3. The zero-order valence-corrected chi connectivity index (χ0v) is 9.59. The highest BCUT2D eigenvalue weighted by Gasteiger charge is 2.13. The van der Waals surface area contributed by atoms with Crippen LogP contribution in [0.4, 0.5) is 14.6 Å². The summed E-state index contributed by atoms with van der Waals surface area (Å²) in [6, 6.07) is 0.826. The van der Waals surface area contributed by atoms with Crippen LogP contribution in [0.3, 0.4) is 0 Å². The van der Waals surface area contributed by atoms with Gasteiger partial charge in [0.2, 0.25) is 0 Å². The van der Waals surface area contributed by atoms with Gasteiger partial charge < -0.3 is 10.1 Å². The molecule has 1 fully saturated rings. The number of rotatable bonds is 4. The van der Waals surface area contributed by atoms with E-state index in [1.165, 1.54) is 6.42 Å². The predicted molar refractivity (Wildman–Crippen MR) is 60.9 cm³/mol. The average Bonchev–Trinajstić information content (AvgIpc) is 2.33.